The van der Waals surface area contributed by atoms with Gasteiger partial charge in [0.15, 0.2) is 0 Å². The summed E-state index contributed by atoms with van der Waals surface area (Å²) in [5.41, 5.74) is 4.77. The number of rotatable bonds is 0. The zero-order valence-electron chi connectivity index (χ0n) is 12.7. The second-order valence-electron chi connectivity index (χ2n) is 6.61. The Balaban J connectivity index is 1.85. The average Bonchev–Trinajstić information content (AvgIpc) is 3.04. The van der Waals surface area contributed by atoms with E-state index in [1.54, 1.807) is 0 Å². The molecule has 1 aromatic heterocycles. The largest absolute Gasteiger partial charge is 0.356 e. The smallest absolute Gasteiger partial charge is 0.325 e. The van der Waals surface area contributed by atoms with Crippen molar-refractivity contribution in [3.63, 3.8) is 0 Å². The summed E-state index contributed by atoms with van der Waals surface area (Å²) >= 11 is 0. The molecule has 1 unspecified atom stereocenters. The summed E-state index contributed by atoms with van der Waals surface area (Å²) in [7, 11) is 1.92. The van der Waals surface area contributed by atoms with Gasteiger partial charge >= 0.3 is 6.03 Å². The highest BCUT2D eigenvalue weighted by Crippen LogP contribution is 2.53. The number of aromatic amines is 1. The van der Waals surface area contributed by atoms with Gasteiger partial charge in [-0.3, -0.25) is 4.90 Å². The quantitative estimate of drug-likeness (QED) is 0.795. The molecule has 5 rings (SSSR count). The molecule has 2 amide bonds. The summed E-state index contributed by atoms with van der Waals surface area (Å²) in [6.07, 6.45) is 6.43. The van der Waals surface area contributed by atoms with Crippen LogP contribution in [0.5, 0.6) is 0 Å². The first-order valence-electron chi connectivity index (χ1n) is 8.09. The second kappa shape index (κ2) is 3.94. The van der Waals surface area contributed by atoms with Gasteiger partial charge in [-0.25, -0.2) is 4.79 Å². The summed E-state index contributed by atoms with van der Waals surface area (Å²) < 4.78 is 0. The maximum Gasteiger partial charge on any atom is 0.325 e. The molecule has 4 heteroatoms. The third-order valence-electron chi connectivity index (χ3n) is 5.66. The van der Waals surface area contributed by atoms with Crippen LogP contribution in [0.4, 0.5) is 4.79 Å². The predicted molar refractivity (Wildman–Crippen MR) is 85.5 cm³/mol. The molecular formula is C18H19N3O. The van der Waals surface area contributed by atoms with E-state index in [1.165, 1.54) is 27.9 Å². The van der Waals surface area contributed by atoms with E-state index >= 15 is 0 Å². The molecule has 2 aromatic rings. The zero-order chi connectivity index (χ0) is 14.9. The van der Waals surface area contributed by atoms with E-state index in [-0.39, 0.29) is 11.6 Å². The fraction of sp³-hybridized carbons (Fsp3) is 0.389. The number of carbonyl (C=O) groups is 1. The van der Waals surface area contributed by atoms with Gasteiger partial charge in [0.05, 0.1) is 11.4 Å². The Labute approximate surface area is 129 Å². The fourth-order valence-electron chi connectivity index (χ4n) is 4.74. The van der Waals surface area contributed by atoms with Crippen molar-refractivity contribution >= 4 is 16.9 Å². The number of fused-ring (bicyclic) bond motifs is 3. The van der Waals surface area contributed by atoms with Crippen molar-refractivity contribution < 1.29 is 4.79 Å². The maximum absolute atomic E-state index is 12.7. The number of carbonyl (C=O) groups excluding carboxylic acids is 1. The summed E-state index contributed by atoms with van der Waals surface area (Å²) in [5.74, 6) is 0. The highest BCUT2D eigenvalue weighted by Gasteiger charge is 2.57. The molecule has 1 N–H and O–H groups in total. The Hall–Kier alpha value is -2.23. The van der Waals surface area contributed by atoms with E-state index in [1.807, 2.05) is 11.9 Å². The molecule has 3 heterocycles. The number of urea groups is 1. The van der Waals surface area contributed by atoms with Crippen molar-refractivity contribution in [1.82, 2.24) is 14.8 Å². The lowest BCUT2D eigenvalue weighted by Crippen LogP contribution is -2.49. The van der Waals surface area contributed by atoms with Crippen molar-refractivity contribution in [2.24, 2.45) is 0 Å². The third kappa shape index (κ3) is 1.23. The second-order valence-corrected chi connectivity index (χ2v) is 6.61. The fourth-order valence-corrected chi connectivity index (χ4v) is 4.74. The number of hydrogen-bond acceptors (Lipinski definition) is 1. The van der Waals surface area contributed by atoms with Crippen LogP contribution in [0.2, 0.25) is 0 Å². The predicted octanol–water partition coefficient (Wildman–Crippen LogP) is 3.35. The molecule has 1 spiro atoms. The summed E-state index contributed by atoms with van der Waals surface area (Å²) in [6, 6.07) is 8.66. The molecule has 2 aliphatic heterocycles. The lowest BCUT2D eigenvalue weighted by molar-refractivity contribution is 0.140. The van der Waals surface area contributed by atoms with Crippen LogP contribution in [0.1, 0.15) is 30.5 Å². The van der Waals surface area contributed by atoms with Crippen LogP contribution < -0.4 is 0 Å². The number of H-pyrrole nitrogens is 1. The van der Waals surface area contributed by atoms with Gasteiger partial charge in [-0.05, 0) is 37.3 Å². The first kappa shape index (κ1) is 12.3. The van der Waals surface area contributed by atoms with Gasteiger partial charge in [0.25, 0.3) is 0 Å². The number of nitrogens with one attached hydrogen (secondary N) is 1. The van der Waals surface area contributed by atoms with Crippen LogP contribution in [-0.4, -0.2) is 34.4 Å². The van der Waals surface area contributed by atoms with Crippen molar-refractivity contribution in [3.8, 4) is 0 Å². The van der Waals surface area contributed by atoms with E-state index < -0.39 is 0 Å². The van der Waals surface area contributed by atoms with Gasteiger partial charge in [-0.15, -0.1) is 0 Å². The SMILES string of the molecule is CN1C(=O)N2CCc3c([nH]c4ccccc34)C23CCCC=C13. The number of amides is 2. The van der Waals surface area contributed by atoms with E-state index in [0.29, 0.717) is 0 Å². The van der Waals surface area contributed by atoms with Gasteiger partial charge < -0.3 is 9.88 Å². The number of nitrogens with zero attached hydrogens (tertiary/aromatic N) is 2. The number of allylic oxidation sites excluding steroid dienone is 1. The molecular weight excluding hydrogens is 274 g/mol. The van der Waals surface area contributed by atoms with Gasteiger partial charge in [0.1, 0.15) is 5.54 Å². The van der Waals surface area contributed by atoms with E-state index in [2.05, 4.69) is 40.2 Å². The first-order chi connectivity index (χ1) is 10.7. The van der Waals surface area contributed by atoms with Gasteiger partial charge in [0, 0.05) is 24.5 Å². The lowest BCUT2D eigenvalue weighted by Gasteiger charge is -2.43. The highest BCUT2D eigenvalue weighted by atomic mass is 16.2. The molecule has 4 nitrogen and oxygen atoms in total. The first-order valence-corrected chi connectivity index (χ1v) is 8.09. The van der Waals surface area contributed by atoms with Crippen molar-refractivity contribution in [2.75, 3.05) is 13.6 Å². The Morgan fingerprint density at radius 3 is 3.05 bits per heavy atom. The van der Waals surface area contributed by atoms with Gasteiger partial charge in [-0.1, -0.05) is 24.3 Å². The van der Waals surface area contributed by atoms with Crippen molar-refractivity contribution in [1.29, 1.82) is 0 Å². The number of para-hydroxylation sites is 1. The molecule has 0 saturated carbocycles. The number of benzene rings is 1. The molecule has 0 bridgehead atoms. The molecule has 0 radical (unpaired) electrons. The Bertz CT molecular complexity index is 834. The standard InChI is InChI=1S/C18H19N3O/c1-20-15-8-4-5-10-18(15)16-13(9-11-21(18)17(20)22)12-6-2-3-7-14(12)19-16/h2-3,6-8,19H,4-5,9-11H2,1H3. The van der Waals surface area contributed by atoms with Crippen LogP contribution in [-0.2, 0) is 12.0 Å². The molecule has 22 heavy (non-hydrogen) atoms. The molecule has 1 fully saturated rings. The van der Waals surface area contributed by atoms with Gasteiger partial charge in [-0.2, -0.15) is 0 Å². The summed E-state index contributed by atoms with van der Waals surface area (Å²) in [5, 5.41) is 1.32. The van der Waals surface area contributed by atoms with E-state index in [0.717, 1.165) is 32.2 Å². The molecule has 1 aromatic carbocycles. The number of hydrogen-bond donors (Lipinski definition) is 1. The maximum atomic E-state index is 12.7. The number of aromatic nitrogens is 1. The minimum atomic E-state index is -0.253. The Kier molecular flexibility index (Phi) is 2.21. The number of likely N-dealkylation sites (N-methyl/N-ethyl adjacent to an activating group) is 1. The molecule has 1 saturated heterocycles. The molecule has 1 atom stereocenters. The molecule has 3 aliphatic rings. The Morgan fingerprint density at radius 1 is 1.27 bits per heavy atom. The monoisotopic (exact) mass is 293 g/mol. The van der Waals surface area contributed by atoms with Crippen LogP contribution in [0.3, 0.4) is 0 Å². The Morgan fingerprint density at radius 2 is 2.14 bits per heavy atom. The van der Waals surface area contributed by atoms with Crippen LogP contribution in [0.25, 0.3) is 10.9 Å². The van der Waals surface area contributed by atoms with E-state index in [4.69, 9.17) is 0 Å². The molecule has 1 aliphatic carbocycles. The highest BCUT2D eigenvalue weighted by molar-refractivity contribution is 5.89. The van der Waals surface area contributed by atoms with Gasteiger partial charge in [0.2, 0.25) is 0 Å². The topological polar surface area (TPSA) is 39.3 Å². The third-order valence-corrected chi connectivity index (χ3v) is 5.66. The van der Waals surface area contributed by atoms with E-state index in [9.17, 15) is 4.79 Å². The minimum absolute atomic E-state index is 0.150. The zero-order valence-corrected chi connectivity index (χ0v) is 12.7. The van der Waals surface area contributed by atoms with Crippen LogP contribution in [0, 0.1) is 0 Å². The average molecular weight is 293 g/mol. The normalized spacial score (nSPS) is 26.8. The van der Waals surface area contributed by atoms with Crippen molar-refractivity contribution in [2.45, 2.75) is 31.2 Å². The van der Waals surface area contributed by atoms with Crippen molar-refractivity contribution in [3.05, 3.63) is 47.3 Å². The van der Waals surface area contributed by atoms with Crippen LogP contribution in [0.15, 0.2) is 36.0 Å². The molecule has 112 valence electrons. The lowest BCUT2D eigenvalue weighted by atomic mass is 9.77. The summed E-state index contributed by atoms with van der Waals surface area (Å²) in [4.78, 5) is 20.3. The van der Waals surface area contributed by atoms with Crippen LogP contribution >= 0.6 is 0 Å². The summed E-state index contributed by atoms with van der Waals surface area (Å²) in [6.45, 7) is 0.815. The minimum Gasteiger partial charge on any atom is -0.356 e.